The number of benzene rings is 2. The highest BCUT2D eigenvalue weighted by Gasteiger charge is 2.52. The van der Waals surface area contributed by atoms with Crippen LogP contribution < -0.4 is 5.32 Å². The summed E-state index contributed by atoms with van der Waals surface area (Å²) >= 11 is 6.14. The quantitative estimate of drug-likeness (QED) is 0.138. The first-order valence-electron chi connectivity index (χ1n) is 16.5. The summed E-state index contributed by atoms with van der Waals surface area (Å²) in [5.41, 5.74) is 7.79. The Labute approximate surface area is 294 Å². The molecule has 2 amide bonds. The zero-order valence-corrected chi connectivity index (χ0v) is 29.2. The Morgan fingerprint density at radius 1 is 1.10 bits per heavy atom. The highest BCUT2D eigenvalue weighted by Crippen LogP contribution is 2.50. The number of aliphatic imine (C=N–C) groups is 1. The maximum atomic E-state index is 14.4. The molecular weight excluding hydrogens is 669 g/mol. The maximum Gasteiger partial charge on any atom is 0.338 e. The second kappa shape index (κ2) is 17.2. The Bertz CT molecular complexity index is 1670. The summed E-state index contributed by atoms with van der Waals surface area (Å²) in [6.45, 7) is 8.84. The third-order valence-electron chi connectivity index (χ3n) is 9.62. The number of amides is 2. The summed E-state index contributed by atoms with van der Waals surface area (Å²) < 4.78 is 14.1. The Balaban J connectivity index is 1.50. The van der Waals surface area contributed by atoms with E-state index in [1.807, 2.05) is 17.0 Å². The van der Waals surface area contributed by atoms with Gasteiger partial charge in [-0.1, -0.05) is 64.3 Å². The molecule has 2 aromatic rings. The summed E-state index contributed by atoms with van der Waals surface area (Å²) in [7, 11) is 0. The van der Waals surface area contributed by atoms with E-state index in [9.17, 15) is 18.8 Å². The van der Waals surface area contributed by atoms with Gasteiger partial charge >= 0.3 is 5.97 Å². The van der Waals surface area contributed by atoms with Gasteiger partial charge in [-0.15, -0.1) is 0 Å². The summed E-state index contributed by atoms with van der Waals surface area (Å²) in [6, 6.07) is 11.0. The number of carbonyl (C=O) groups excluding carboxylic acids is 3. The van der Waals surface area contributed by atoms with Crippen molar-refractivity contribution >= 4 is 35.1 Å². The van der Waals surface area contributed by atoms with E-state index in [4.69, 9.17) is 22.1 Å². The fourth-order valence-corrected chi connectivity index (χ4v) is 6.71. The average Bonchev–Trinajstić information content (AvgIpc) is 3.38. The van der Waals surface area contributed by atoms with Crippen LogP contribution in [0.3, 0.4) is 0 Å². The van der Waals surface area contributed by atoms with Crippen LogP contribution >= 0.6 is 11.6 Å². The van der Waals surface area contributed by atoms with Gasteiger partial charge < -0.3 is 10.2 Å². The van der Waals surface area contributed by atoms with Crippen molar-refractivity contribution in [3.05, 3.63) is 70.0 Å². The molecule has 0 aromatic heterocycles. The fraction of sp³-hybridized carbons (Fsp3) is 0.515. The summed E-state index contributed by atoms with van der Waals surface area (Å²) in [5.74, 6) is -1.46. The van der Waals surface area contributed by atoms with Crippen molar-refractivity contribution in [2.24, 2.45) is 52.9 Å². The van der Waals surface area contributed by atoms with Gasteiger partial charge in [0.25, 0.3) is 11.8 Å². The zero-order valence-electron chi connectivity index (χ0n) is 28.5. The molecule has 2 aliphatic rings. The van der Waals surface area contributed by atoms with Gasteiger partial charge in [-0.25, -0.2) is 9.18 Å². The predicted molar refractivity (Wildman–Crippen MR) is 180 cm³/mol. The number of hydrogen-bond acceptors (Lipinski definition) is 7. The smallest absolute Gasteiger partial charge is 0.338 e. The number of halogens is 2. The molecule has 15 nitrogen and oxygen atoms in total. The van der Waals surface area contributed by atoms with E-state index in [0.717, 1.165) is 31.2 Å². The first-order valence-corrected chi connectivity index (χ1v) is 16.9. The van der Waals surface area contributed by atoms with E-state index >= 15 is 0 Å². The van der Waals surface area contributed by atoms with Crippen LogP contribution in [0.4, 0.5) is 4.39 Å². The van der Waals surface area contributed by atoms with E-state index in [-0.39, 0.29) is 41.1 Å². The van der Waals surface area contributed by atoms with E-state index in [2.05, 4.69) is 74.5 Å². The van der Waals surface area contributed by atoms with Crippen molar-refractivity contribution in [1.82, 2.24) is 10.2 Å². The molecule has 1 spiro atoms. The Hall–Kier alpha value is -4.86. The highest BCUT2D eigenvalue weighted by molar-refractivity contribution is 6.47. The van der Waals surface area contributed by atoms with Gasteiger partial charge in [0.1, 0.15) is 17.2 Å². The van der Waals surface area contributed by atoms with Crippen LogP contribution in [0.2, 0.25) is 5.02 Å². The summed E-state index contributed by atoms with van der Waals surface area (Å²) in [4.78, 5) is 50.7. The van der Waals surface area contributed by atoms with Gasteiger partial charge in [-0.2, -0.15) is 5.53 Å². The maximum absolute atomic E-state index is 14.4. The van der Waals surface area contributed by atoms with Crippen molar-refractivity contribution in [2.75, 3.05) is 6.54 Å². The SMILES string of the molecule is CCC[C@H](c1ccc(C(=O)NCCC(=O)ON=NN=NN=NN=N)cc1)N1C(=O)C(c2ccc(F)c(Cl)c2)=NC12CCC(C(C)(C)CC)CC2. The van der Waals surface area contributed by atoms with Crippen molar-refractivity contribution in [3.63, 3.8) is 0 Å². The molecule has 1 aliphatic carbocycles. The third-order valence-corrected chi connectivity index (χ3v) is 9.91. The van der Waals surface area contributed by atoms with Crippen molar-refractivity contribution in [1.29, 1.82) is 5.53 Å². The highest BCUT2D eigenvalue weighted by atomic mass is 35.5. The Morgan fingerprint density at radius 2 is 1.78 bits per heavy atom. The summed E-state index contributed by atoms with van der Waals surface area (Å²) in [6.07, 6.45) is 5.57. The Morgan fingerprint density at radius 3 is 2.42 bits per heavy atom. The molecule has 0 radical (unpaired) electrons. The van der Waals surface area contributed by atoms with E-state index in [1.165, 1.54) is 12.1 Å². The molecule has 1 fully saturated rings. The topological polar surface area (TPSA) is 198 Å². The lowest BCUT2D eigenvalue weighted by atomic mass is 9.67. The molecular formula is C33H41ClFN11O4. The molecule has 1 heterocycles. The Kier molecular flexibility index (Phi) is 13.0. The normalized spacial score (nSPS) is 20.2. The van der Waals surface area contributed by atoms with Crippen molar-refractivity contribution < 1.29 is 23.6 Å². The second-order valence-electron chi connectivity index (χ2n) is 12.9. The lowest BCUT2D eigenvalue weighted by Gasteiger charge is -2.48. The number of nitrogens with one attached hydrogen (secondary N) is 2. The molecule has 0 bridgehead atoms. The molecule has 2 N–H and O–H groups in total. The number of carbonyl (C=O) groups is 3. The van der Waals surface area contributed by atoms with E-state index in [0.29, 0.717) is 36.3 Å². The van der Waals surface area contributed by atoms with Crippen LogP contribution in [-0.2, 0) is 14.4 Å². The molecule has 50 heavy (non-hydrogen) atoms. The molecule has 1 aliphatic heterocycles. The summed E-state index contributed by atoms with van der Waals surface area (Å²) in [5, 5.41) is 23.1. The number of hydrogen-bond donors (Lipinski definition) is 2. The van der Waals surface area contributed by atoms with Gasteiger partial charge in [-0.05, 0) is 95.0 Å². The van der Waals surface area contributed by atoms with Gasteiger partial charge in [0.05, 0.1) is 22.8 Å². The average molecular weight is 710 g/mol. The lowest BCUT2D eigenvalue weighted by molar-refractivity contribution is -0.144. The minimum atomic E-state index is -0.772. The van der Waals surface area contributed by atoms with Crippen LogP contribution in [0.25, 0.3) is 0 Å². The van der Waals surface area contributed by atoms with Gasteiger partial charge in [0.2, 0.25) is 0 Å². The van der Waals surface area contributed by atoms with Gasteiger partial charge in [0.15, 0.2) is 0 Å². The molecule has 4 rings (SSSR count). The molecule has 2 aromatic carbocycles. The van der Waals surface area contributed by atoms with E-state index in [1.54, 1.807) is 18.2 Å². The molecule has 266 valence electrons. The minimum Gasteiger partial charge on any atom is -0.351 e. The first-order chi connectivity index (χ1) is 24.0. The van der Waals surface area contributed by atoms with Crippen LogP contribution in [0.15, 0.2) is 84.1 Å². The van der Waals surface area contributed by atoms with Gasteiger partial charge in [-0.3, -0.25) is 19.4 Å². The van der Waals surface area contributed by atoms with Crippen molar-refractivity contribution in [3.8, 4) is 0 Å². The van der Waals surface area contributed by atoms with Gasteiger partial charge in [0, 0.05) is 33.3 Å². The number of nitrogens with zero attached hydrogens (tertiary/aromatic N) is 9. The molecule has 1 saturated carbocycles. The standard InChI is InChI=1S/C33H41ClFN11O4/c1-5-7-27(21-8-10-22(11-9-21)30(48)37-19-16-28(47)50-45-44-43-42-41-40-39-36)46-31(49)29(23-12-13-26(35)25(34)20-23)38-33(46)17-14-24(15-18-33)32(3,4)6-2/h8-13,20,24,27,36H,5-7,14-19H2,1-4H3,(H,37,48)/t24?,27-,33?/m1/s1. The van der Waals surface area contributed by atoms with Crippen LogP contribution in [-0.4, -0.2) is 40.6 Å². The largest absolute Gasteiger partial charge is 0.351 e. The van der Waals surface area contributed by atoms with E-state index < -0.39 is 23.4 Å². The fourth-order valence-electron chi connectivity index (χ4n) is 6.53. The molecule has 0 saturated heterocycles. The minimum absolute atomic E-state index is 0.0255. The molecule has 0 unspecified atom stereocenters. The van der Waals surface area contributed by atoms with Crippen LogP contribution in [0.1, 0.15) is 107 Å². The van der Waals surface area contributed by atoms with Crippen molar-refractivity contribution in [2.45, 2.75) is 90.8 Å². The lowest BCUT2D eigenvalue weighted by Crippen LogP contribution is -2.51. The van der Waals surface area contributed by atoms with Crippen LogP contribution in [0.5, 0.6) is 0 Å². The monoisotopic (exact) mass is 709 g/mol. The molecule has 17 heteroatoms. The number of rotatable bonds is 15. The van der Waals surface area contributed by atoms with Crippen LogP contribution in [0, 0.1) is 22.7 Å². The second-order valence-corrected chi connectivity index (χ2v) is 13.3. The molecule has 1 atom stereocenters. The predicted octanol–water partition coefficient (Wildman–Crippen LogP) is 8.69. The first kappa shape index (κ1) is 38.0. The zero-order chi connectivity index (χ0) is 36.3. The third kappa shape index (κ3) is 9.02.